The van der Waals surface area contributed by atoms with Gasteiger partial charge in [-0.05, 0) is 44.5 Å². The van der Waals surface area contributed by atoms with Crippen molar-refractivity contribution < 1.29 is 14.0 Å². The third kappa shape index (κ3) is 4.26. The minimum atomic E-state index is -0.305. The van der Waals surface area contributed by atoms with Crippen molar-refractivity contribution in [1.82, 2.24) is 5.32 Å². The molecule has 0 saturated carbocycles. The van der Waals surface area contributed by atoms with E-state index in [4.69, 9.17) is 4.42 Å². The number of nitrogens with one attached hydrogen (secondary N) is 2. The summed E-state index contributed by atoms with van der Waals surface area (Å²) < 4.78 is 5.41. The van der Waals surface area contributed by atoms with Crippen LogP contribution in [0.1, 0.15) is 50.8 Å². The maximum absolute atomic E-state index is 12.8. The molecule has 0 bridgehead atoms. The van der Waals surface area contributed by atoms with Gasteiger partial charge in [-0.25, -0.2) is 0 Å². The first-order chi connectivity index (χ1) is 13.0. The van der Waals surface area contributed by atoms with Gasteiger partial charge in [-0.2, -0.15) is 0 Å². The number of hydrogen-bond donors (Lipinski definition) is 2. The molecule has 2 aromatic carbocycles. The summed E-state index contributed by atoms with van der Waals surface area (Å²) in [5.41, 5.74) is 2.34. The first-order valence-electron chi connectivity index (χ1n) is 8.79. The Balaban J connectivity index is 1.78. The number of benzene rings is 2. The first-order valence-corrected chi connectivity index (χ1v) is 8.79. The van der Waals surface area contributed by atoms with Crippen LogP contribution >= 0.6 is 0 Å². The molecule has 3 rings (SSSR count). The molecule has 3 aromatic rings. The van der Waals surface area contributed by atoms with Gasteiger partial charge in [0.15, 0.2) is 0 Å². The fraction of sp³-hybridized carbons (Fsp3) is 0.182. The van der Waals surface area contributed by atoms with Crippen molar-refractivity contribution in [1.29, 1.82) is 0 Å². The topological polar surface area (TPSA) is 71.3 Å². The molecule has 1 aromatic heterocycles. The van der Waals surface area contributed by atoms with Crippen LogP contribution in [0.5, 0.6) is 0 Å². The van der Waals surface area contributed by atoms with Crippen molar-refractivity contribution in [3.63, 3.8) is 0 Å². The molecule has 0 radical (unpaired) electrons. The minimum Gasteiger partial charge on any atom is -0.466 e. The molecule has 2 amide bonds. The summed E-state index contributed by atoms with van der Waals surface area (Å²) in [6, 6.07) is 18.2. The average Bonchev–Trinajstić information content (AvgIpc) is 3.01. The van der Waals surface area contributed by atoms with Gasteiger partial charge in [-0.15, -0.1) is 0 Å². The van der Waals surface area contributed by atoms with E-state index in [0.29, 0.717) is 28.3 Å². The highest BCUT2D eigenvalue weighted by Crippen LogP contribution is 2.20. The molecule has 0 unspecified atom stereocenters. The molecule has 5 nitrogen and oxygen atoms in total. The van der Waals surface area contributed by atoms with E-state index >= 15 is 0 Å². The number of furan rings is 1. The van der Waals surface area contributed by atoms with Crippen LogP contribution in [0.25, 0.3) is 0 Å². The summed E-state index contributed by atoms with van der Waals surface area (Å²) in [4.78, 5) is 25.3. The Hall–Kier alpha value is -3.34. The smallest absolute Gasteiger partial charge is 0.259 e. The Morgan fingerprint density at radius 1 is 0.889 bits per heavy atom. The monoisotopic (exact) mass is 362 g/mol. The molecule has 2 N–H and O–H groups in total. The van der Waals surface area contributed by atoms with E-state index in [-0.39, 0.29) is 17.9 Å². The summed E-state index contributed by atoms with van der Waals surface area (Å²) in [5, 5.41) is 5.79. The summed E-state index contributed by atoms with van der Waals surface area (Å²) in [6.45, 7) is 5.45. The van der Waals surface area contributed by atoms with Gasteiger partial charge in [0.2, 0.25) is 0 Å². The van der Waals surface area contributed by atoms with Gasteiger partial charge in [-0.3, -0.25) is 9.59 Å². The molecular weight excluding hydrogens is 340 g/mol. The normalized spacial score (nSPS) is 11.7. The molecule has 1 heterocycles. The van der Waals surface area contributed by atoms with Crippen molar-refractivity contribution in [2.75, 3.05) is 5.32 Å². The lowest BCUT2D eigenvalue weighted by atomic mass is 10.1. The molecule has 27 heavy (non-hydrogen) atoms. The zero-order valence-electron chi connectivity index (χ0n) is 15.6. The Labute approximate surface area is 158 Å². The van der Waals surface area contributed by atoms with Gasteiger partial charge in [0.1, 0.15) is 11.5 Å². The van der Waals surface area contributed by atoms with Crippen molar-refractivity contribution in [2.24, 2.45) is 0 Å². The van der Waals surface area contributed by atoms with Crippen molar-refractivity contribution in [3.05, 3.63) is 88.9 Å². The predicted octanol–water partition coefficient (Wildman–Crippen LogP) is 4.64. The minimum absolute atomic E-state index is 0.152. The molecule has 0 saturated heterocycles. The summed E-state index contributed by atoms with van der Waals surface area (Å²) in [7, 11) is 0. The number of hydrogen-bond acceptors (Lipinski definition) is 3. The van der Waals surface area contributed by atoms with E-state index in [1.165, 1.54) is 0 Å². The summed E-state index contributed by atoms with van der Waals surface area (Å²) >= 11 is 0. The standard InChI is InChI=1S/C22H22N2O3/c1-14-13-19(16(3)27-14)22(26)24-20-12-8-7-11-18(20)21(25)23-15(2)17-9-5-4-6-10-17/h4-13,15H,1-3H3,(H,23,25)(H,24,26)/t15-/m0/s1. The Bertz CT molecular complexity index is 961. The Kier molecular flexibility index (Phi) is 5.41. The number of carbonyl (C=O) groups excluding carboxylic acids is 2. The van der Waals surface area contributed by atoms with Crippen LogP contribution in [0.3, 0.4) is 0 Å². The number of carbonyl (C=O) groups is 2. The highest BCUT2D eigenvalue weighted by molar-refractivity contribution is 6.09. The molecule has 5 heteroatoms. The lowest BCUT2D eigenvalue weighted by molar-refractivity contribution is 0.0941. The Morgan fingerprint density at radius 2 is 1.56 bits per heavy atom. The molecule has 0 spiro atoms. The first kappa shape index (κ1) is 18.5. The van der Waals surface area contributed by atoms with Crippen LogP contribution in [0.4, 0.5) is 5.69 Å². The molecular formula is C22H22N2O3. The van der Waals surface area contributed by atoms with Crippen molar-refractivity contribution in [3.8, 4) is 0 Å². The quantitative estimate of drug-likeness (QED) is 0.694. The van der Waals surface area contributed by atoms with E-state index < -0.39 is 0 Å². The summed E-state index contributed by atoms with van der Waals surface area (Å²) in [6.07, 6.45) is 0. The SMILES string of the molecule is Cc1cc(C(=O)Nc2ccccc2C(=O)N[C@@H](C)c2ccccc2)c(C)o1. The number of para-hydroxylation sites is 1. The molecule has 138 valence electrons. The zero-order valence-corrected chi connectivity index (χ0v) is 15.6. The maximum atomic E-state index is 12.8. The number of rotatable bonds is 5. The fourth-order valence-electron chi connectivity index (χ4n) is 2.94. The maximum Gasteiger partial charge on any atom is 0.259 e. The second-order valence-corrected chi connectivity index (χ2v) is 6.43. The van der Waals surface area contributed by atoms with Crippen LogP contribution < -0.4 is 10.6 Å². The van der Waals surface area contributed by atoms with Gasteiger partial charge in [0.25, 0.3) is 11.8 Å². The molecule has 0 aliphatic rings. The molecule has 1 atom stereocenters. The highest BCUT2D eigenvalue weighted by atomic mass is 16.3. The van der Waals surface area contributed by atoms with Crippen LogP contribution in [0.15, 0.2) is 65.1 Å². The second kappa shape index (κ2) is 7.91. The molecule has 0 aliphatic carbocycles. The van der Waals surface area contributed by atoms with E-state index in [0.717, 1.165) is 5.56 Å². The van der Waals surface area contributed by atoms with E-state index in [1.807, 2.05) is 37.3 Å². The lowest BCUT2D eigenvalue weighted by Gasteiger charge is -2.16. The van der Waals surface area contributed by atoms with Crippen LogP contribution in [-0.2, 0) is 0 Å². The Morgan fingerprint density at radius 3 is 2.22 bits per heavy atom. The number of anilines is 1. The third-order valence-electron chi connectivity index (χ3n) is 4.35. The van der Waals surface area contributed by atoms with Gasteiger partial charge < -0.3 is 15.1 Å². The fourth-order valence-corrected chi connectivity index (χ4v) is 2.94. The van der Waals surface area contributed by atoms with Crippen LogP contribution in [-0.4, -0.2) is 11.8 Å². The van der Waals surface area contributed by atoms with E-state index in [9.17, 15) is 9.59 Å². The number of aryl methyl sites for hydroxylation is 2. The van der Waals surface area contributed by atoms with Gasteiger partial charge in [-0.1, -0.05) is 42.5 Å². The van der Waals surface area contributed by atoms with Crippen molar-refractivity contribution in [2.45, 2.75) is 26.8 Å². The van der Waals surface area contributed by atoms with Crippen LogP contribution in [0.2, 0.25) is 0 Å². The second-order valence-electron chi connectivity index (χ2n) is 6.43. The number of amides is 2. The van der Waals surface area contributed by atoms with Crippen molar-refractivity contribution >= 4 is 17.5 Å². The molecule has 0 aliphatic heterocycles. The van der Waals surface area contributed by atoms with Gasteiger partial charge >= 0.3 is 0 Å². The van der Waals surface area contributed by atoms with Gasteiger partial charge in [0, 0.05) is 0 Å². The zero-order chi connectivity index (χ0) is 19.4. The summed E-state index contributed by atoms with van der Waals surface area (Å²) in [5.74, 6) is 0.660. The molecule has 0 fully saturated rings. The van der Waals surface area contributed by atoms with Crippen LogP contribution in [0, 0.1) is 13.8 Å². The lowest BCUT2D eigenvalue weighted by Crippen LogP contribution is -2.28. The largest absolute Gasteiger partial charge is 0.466 e. The third-order valence-corrected chi connectivity index (χ3v) is 4.35. The van der Waals surface area contributed by atoms with E-state index in [2.05, 4.69) is 10.6 Å². The van der Waals surface area contributed by atoms with E-state index in [1.54, 1.807) is 44.2 Å². The highest BCUT2D eigenvalue weighted by Gasteiger charge is 2.18. The predicted molar refractivity (Wildman–Crippen MR) is 105 cm³/mol. The van der Waals surface area contributed by atoms with Gasteiger partial charge in [0.05, 0.1) is 22.9 Å². The average molecular weight is 362 g/mol.